The minimum absolute atomic E-state index is 0.198. The average molecular weight is 412 g/mol. The molecule has 0 N–H and O–H groups in total. The maximum absolute atomic E-state index is 13.6. The lowest BCUT2D eigenvalue weighted by Crippen LogP contribution is -1.95. The molecule has 0 aliphatic carbocycles. The Bertz CT molecular complexity index is 620. The van der Waals surface area contributed by atoms with Gasteiger partial charge in [0, 0.05) is 14.5 Å². The first kappa shape index (κ1) is 14.8. The molecule has 6 heteroatoms. The van der Waals surface area contributed by atoms with Gasteiger partial charge >= 0.3 is 0 Å². The number of hydrogen-bond donors (Lipinski definition) is 0. The molecule has 100 valence electrons. The van der Waals surface area contributed by atoms with Crippen molar-refractivity contribution in [2.45, 2.75) is 5.88 Å². The molecule has 0 spiro atoms. The summed E-state index contributed by atoms with van der Waals surface area (Å²) >= 11 is 12.2. The highest BCUT2D eigenvalue weighted by Gasteiger charge is 2.14. The van der Waals surface area contributed by atoms with E-state index < -0.39 is 11.6 Å². The summed E-state index contributed by atoms with van der Waals surface area (Å²) in [5.74, 6) is -1.63. The highest BCUT2D eigenvalue weighted by Crippen LogP contribution is 2.33. The highest BCUT2D eigenvalue weighted by molar-refractivity contribution is 9.10. The minimum Gasteiger partial charge on any atom is -0.454 e. The van der Waals surface area contributed by atoms with Crippen molar-refractivity contribution in [2.24, 2.45) is 0 Å². The molecule has 2 aromatic carbocycles. The van der Waals surface area contributed by atoms with E-state index in [1.807, 2.05) is 0 Å². The largest absolute Gasteiger partial charge is 0.454 e. The van der Waals surface area contributed by atoms with Crippen molar-refractivity contribution >= 4 is 43.5 Å². The molecule has 0 bridgehead atoms. The van der Waals surface area contributed by atoms with Gasteiger partial charge in [-0.25, -0.2) is 4.39 Å². The Morgan fingerprint density at radius 1 is 1.00 bits per heavy atom. The SMILES string of the molecule is Fc1cc(Br)cc(Oc2cc(Br)ccc2CCl)c1F. The molecule has 0 amide bonds. The van der Waals surface area contributed by atoms with Gasteiger partial charge in [-0.2, -0.15) is 4.39 Å². The Labute approximate surface area is 130 Å². The summed E-state index contributed by atoms with van der Waals surface area (Å²) in [5.41, 5.74) is 0.685. The van der Waals surface area contributed by atoms with Crippen LogP contribution in [0.15, 0.2) is 39.3 Å². The monoisotopic (exact) mass is 410 g/mol. The Kier molecular flexibility index (Phi) is 4.81. The molecule has 0 saturated heterocycles. The van der Waals surface area contributed by atoms with E-state index in [1.165, 1.54) is 6.07 Å². The van der Waals surface area contributed by atoms with Crippen LogP contribution in [0.4, 0.5) is 8.78 Å². The van der Waals surface area contributed by atoms with E-state index in [-0.39, 0.29) is 11.6 Å². The lowest BCUT2D eigenvalue weighted by Gasteiger charge is -2.11. The first-order valence-corrected chi connectivity index (χ1v) is 7.30. The summed E-state index contributed by atoms with van der Waals surface area (Å²) in [6.45, 7) is 0. The normalized spacial score (nSPS) is 10.6. The van der Waals surface area contributed by atoms with E-state index in [9.17, 15) is 8.78 Å². The zero-order valence-electron chi connectivity index (χ0n) is 9.39. The standard InChI is InChI=1S/C13H7Br2ClF2O/c14-8-2-1-7(6-16)11(4-8)19-12-5-9(15)3-10(17)13(12)18/h1-5H,6H2. The molecule has 0 unspecified atom stereocenters. The fourth-order valence-corrected chi connectivity index (χ4v) is 2.43. The topological polar surface area (TPSA) is 9.23 Å². The summed E-state index contributed by atoms with van der Waals surface area (Å²) in [4.78, 5) is 0. The van der Waals surface area contributed by atoms with Crippen molar-refractivity contribution in [1.29, 1.82) is 0 Å². The number of alkyl halides is 1. The third-order valence-electron chi connectivity index (χ3n) is 2.35. The first-order chi connectivity index (χ1) is 9.01. The van der Waals surface area contributed by atoms with Gasteiger partial charge in [-0.3, -0.25) is 0 Å². The molecule has 19 heavy (non-hydrogen) atoms. The van der Waals surface area contributed by atoms with Crippen LogP contribution in [0.25, 0.3) is 0 Å². The second kappa shape index (κ2) is 6.20. The van der Waals surface area contributed by atoms with E-state index in [1.54, 1.807) is 18.2 Å². The van der Waals surface area contributed by atoms with E-state index in [0.717, 1.165) is 10.5 Å². The van der Waals surface area contributed by atoms with E-state index >= 15 is 0 Å². The molecule has 0 radical (unpaired) electrons. The summed E-state index contributed by atoms with van der Waals surface area (Å²) in [6.07, 6.45) is 0. The van der Waals surface area contributed by atoms with E-state index in [0.29, 0.717) is 15.8 Å². The molecule has 0 fully saturated rings. The number of benzene rings is 2. The zero-order valence-corrected chi connectivity index (χ0v) is 13.3. The third kappa shape index (κ3) is 3.46. The Hall–Kier alpha value is -0.650. The van der Waals surface area contributed by atoms with Gasteiger partial charge in [0.2, 0.25) is 5.82 Å². The van der Waals surface area contributed by atoms with Gasteiger partial charge < -0.3 is 4.74 Å². The summed E-state index contributed by atoms with van der Waals surface area (Å²) in [6, 6.07) is 7.58. The van der Waals surface area contributed by atoms with Gasteiger partial charge in [0.1, 0.15) is 5.75 Å². The number of hydrogen-bond acceptors (Lipinski definition) is 1. The molecular weight excluding hydrogens is 405 g/mol. The van der Waals surface area contributed by atoms with Crippen molar-refractivity contribution in [3.05, 3.63) is 56.5 Å². The first-order valence-electron chi connectivity index (χ1n) is 5.18. The van der Waals surface area contributed by atoms with Gasteiger partial charge in [-0.1, -0.05) is 37.9 Å². The molecule has 0 aromatic heterocycles. The second-order valence-electron chi connectivity index (χ2n) is 3.69. The van der Waals surface area contributed by atoms with Crippen molar-refractivity contribution in [2.75, 3.05) is 0 Å². The van der Waals surface area contributed by atoms with Crippen molar-refractivity contribution < 1.29 is 13.5 Å². The lowest BCUT2D eigenvalue weighted by molar-refractivity contribution is 0.413. The fourth-order valence-electron chi connectivity index (χ4n) is 1.46. The van der Waals surface area contributed by atoms with Crippen LogP contribution in [0.5, 0.6) is 11.5 Å². The molecule has 2 aromatic rings. The van der Waals surface area contributed by atoms with Crippen LogP contribution in [0.2, 0.25) is 0 Å². The van der Waals surface area contributed by atoms with E-state index in [4.69, 9.17) is 16.3 Å². The molecule has 0 aliphatic rings. The second-order valence-corrected chi connectivity index (χ2v) is 5.79. The molecule has 1 nitrogen and oxygen atoms in total. The quantitative estimate of drug-likeness (QED) is 0.442. The van der Waals surface area contributed by atoms with Crippen molar-refractivity contribution in [1.82, 2.24) is 0 Å². The van der Waals surface area contributed by atoms with Crippen LogP contribution in [0.1, 0.15) is 5.56 Å². The molecule has 0 saturated carbocycles. The maximum Gasteiger partial charge on any atom is 0.201 e. The molecule has 0 heterocycles. The number of halogens is 5. The van der Waals surface area contributed by atoms with Crippen LogP contribution in [-0.4, -0.2) is 0 Å². The number of ether oxygens (including phenoxy) is 1. The number of rotatable bonds is 3. The van der Waals surface area contributed by atoms with Gasteiger partial charge in [-0.05, 0) is 24.3 Å². The Morgan fingerprint density at radius 3 is 2.37 bits per heavy atom. The Balaban J connectivity index is 2.44. The van der Waals surface area contributed by atoms with E-state index in [2.05, 4.69) is 31.9 Å². The highest BCUT2D eigenvalue weighted by atomic mass is 79.9. The Morgan fingerprint density at radius 2 is 1.68 bits per heavy atom. The summed E-state index contributed by atoms with van der Waals surface area (Å²) in [7, 11) is 0. The van der Waals surface area contributed by atoms with Crippen molar-refractivity contribution in [3.63, 3.8) is 0 Å². The molecular formula is C13H7Br2ClF2O. The summed E-state index contributed by atoms with van der Waals surface area (Å²) in [5, 5.41) is 0. The predicted octanol–water partition coefficient (Wildman–Crippen LogP) is 6.02. The summed E-state index contributed by atoms with van der Waals surface area (Å²) < 4.78 is 33.5. The van der Waals surface area contributed by atoms with Gasteiger partial charge in [0.25, 0.3) is 0 Å². The molecule has 2 rings (SSSR count). The zero-order chi connectivity index (χ0) is 14.0. The lowest BCUT2D eigenvalue weighted by atomic mass is 10.2. The minimum atomic E-state index is -1.04. The molecule has 0 aliphatic heterocycles. The van der Waals surface area contributed by atoms with Crippen LogP contribution >= 0.6 is 43.5 Å². The van der Waals surface area contributed by atoms with Gasteiger partial charge in [0.15, 0.2) is 11.6 Å². The fraction of sp³-hybridized carbons (Fsp3) is 0.0769. The molecule has 0 atom stereocenters. The smallest absolute Gasteiger partial charge is 0.201 e. The average Bonchev–Trinajstić information content (AvgIpc) is 2.35. The maximum atomic E-state index is 13.6. The van der Waals surface area contributed by atoms with Crippen LogP contribution in [-0.2, 0) is 5.88 Å². The van der Waals surface area contributed by atoms with Gasteiger partial charge in [-0.15, -0.1) is 11.6 Å². The van der Waals surface area contributed by atoms with Crippen LogP contribution in [0, 0.1) is 11.6 Å². The van der Waals surface area contributed by atoms with Crippen molar-refractivity contribution in [3.8, 4) is 11.5 Å². The third-order valence-corrected chi connectivity index (χ3v) is 3.59. The van der Waals surface area contributed by atoms with Crippen LogP contribution < -0.4 is 4.74 Å². The van der Waals surface area contributed by atoms with Crippen LogP contribution in [0.3, 0.4) is 0 Å². The predicted molar refractivity (Wildman–Crippen MR) is 77.8 cm³/mol. The van der Waals surface area contributed by atoms with Gasteiger partial charge in [0.05, 0.1) is 5.88 Å².